The summed E-state index contributed by atoms with van der Waals surface area (Å²) < 4.78 is 0. The molecule has 0 bridgehead atoms. The lowest BCUT2D eigenvalue weighted by atomic mass is 10.2. The molecule has 0 aliphatic carbocycles. The quantitative estimate of drug-likeness (QED) is 0.405. The van der Waals surface area contributed by atoms with Crippen molar-refractivity contribution in [3.8, 4) is 0 Å². The Balaban J connectivity index is 2.53. The fourth-order valence-electron chi connectivity index (χ4n) is 0.715. The van der Waals surface area contributed by atoms with Gasteiger partial charge in [-0.25, -0.2) is 0 Å². The van der Waals surface area contributed by atoms with Crippen molar-refractivity contribution in [3.05, 3.63) is 7.05 Å². The van der Waals surface area contributed by atoms with E-state index in [9.17, 15) is 0 Å². The third-order valence-electron chi connectivity index (χ3n) is 1.26. The van der Waals surface area contributed by atoms with Crippen LogP contribution in [0.25, 0.3) is 0 Å². The number of rotatable bonds is 5. The monoisotopic (exact) mass is 115 g/mol. The molecule has 0 rings (SSSR count). The van der Waals surface area contributed by atoms with Crippen LogP contribution in [0.1, 0.15) is 32.6 Å². The third-order valence-corrected chi connectivity index (χ3v) is 1.26. The molecule has 0 radical (unpaired) electrons. The number of hydrogen-bond acceptors (Lipinski definition) is 0. The summed E-state index contributed by atoms with van der Waals surface area (Å²) in [5, 5.41) is 2.00. The van der Waals surface area contributed by atoms with Gasteiger partial charge in [0.25, 0.3) is 0 Å². The lowest BCUT2D eigenvalue weighted by Gasteiger charge is -1.97. The standard InChI is InChI=1S/C7H17N/c1-3-4-5-6-7-8-2/h2-8H2,1H3. The van der Waals surface area contributed by atoms with Crippen LogP contribution in [0.3, 0.4) is 0 Å². The Hall–Kier alpha value is -0.0400. The van der Waals surface area contributed by atoms with Crippen LogP contribution in [0, 0.1) is 7.05 Å². The van der Waals surface area contributed by atoms with E-state index in [1.165, 1.54) is 32.2 Å². The van der Waals surface area contributed by atoms with Gasteiger partial charge < -0.3 is 5.32 Å². The molecular weight excluding hydrogens is 98.1 g/mol. The summed E-state index contributed by atoms with van der Waals surface area (Å²) in [7, 11) is 3.66. The predicted molar refractivity (Wildman–Crippen MR) is 36.3 cm³/mol. The van der Waals surface area contributed by atoms with Crippen molar-refractivity contribution >= 4 is 0 Å². The van der Waals surface area contributed by atoms with Crippen molar-refractivity contribution in [2.45, 2.75) is 32.6 Å². The zero-order valence-corrected chi connectivity index (χ0v) is 5.82. The van der Waals surface area contributed by atoms with Crippen LogP contribution in [0.5, 0.6) is 0 Å². The molecule has 0 saturated carbocycles. The van der Waals surface area contributed by atoms with E-state index < -0.39 is 0 Å². The Morgan fingerprint density at radius 3 is 2.50 bits per heavy atom. The van der Waals surface area contributed by atoms with Gasteiger partial charge in [-0.1, -0.05) is 19.8 Å². The molecule has 0 aliphatic rings. The number of unbranched alkanes of at least 4 members (excludes halogenated alkanes) is 3. The second-order valence-corrected chi connectivity index (χ2v) is 2.14. The van der Waals surface area contributed by atoms with Crippen LogP contribution in [0.15, 0.2) is 0 Å². The number of quaternary nitrogens is 1. The normalized spacial score (nSPS) is 9.75. The molecule has 1 heteroatoms. The number of nitrogens with two attached hydrogens (primary N) is 1. The van der Waals surface area contributed by atoms with Crippen molar-refractivity contribution in [2.75, 3.05) is 6.54 Å². The lowest BCUT2D eigenvalue weighted by Crippen LogP contribution is -2.76. The first kappa shape index (κ1) is 7.96. The molecule has 0 amide bonds. The fourth-order valence-corrected chi connectivity index (χ4v) is 0.715. The maximum absolute atomic E-state index is 3.66. The summed E-state index contributed by atoms with van der Waals surface area (Å²) in [4.78, 5) is 0. The summed E-state index contributed by atoms with van der Waals surface area (Å²) in [6, 6.07) is 0. The van der Waals surface area contributed by atoms with Gasteiger partial charge in [-0.15, -0.1) is 0 Å². The Labute approximate surface area is 52.5 Å². The zero-order valence-electron chi connectivity index (χ0n) is 5.82. The van der Waals surface area contributed by atoms with E-state index in [0.29, 0.717) is 0 Å². The van der Waals surface area contributed by atoms with Gasteiger partial charge in [-0.2, -0.15) is 7.05 Å². The van der Waals surface area contributed by atoms with Gasteiger partial charge in [0, 0.05) is 0 Å². The maximum atomic E-state index is 3.66. The van der Waals surface area contributed by atoms with Crippen molar-refractivity contribution in [1.29, 1.82) is 0 Å². The first-order chi connectivity index (χ1) is 3.91. The number of hydrogen-bond donors (Lipinski definition) is 1. The van der Waals surface area contributed by atoms with Gasteiger partial charge >= 0.3 is 0 Å². The topological polar surface area (TPSA) is 16.6 Å². The molecule has 0 aromatic carbocycles. The van der Waals surface area contributed by atoms with E-state index >= 15 is 0 Å². The highest BCUT2D eigenvalue weighted by Crippen LogP contribution is 1.95. The van der Waals surface area contributed by atoms with E-state index in [-0.39, 0.29) is 0 Å². The van der Waals surface area contributed by atoms with E-state index in [2.05, 4.69) is 14.0 Å². The third kappa shape index (κ3) is 5.96. The van der Waals surface area contributed by atoms with Gasteiger partial charge in [0.2, 0.25) is 0 Å². The minimum atomic E-state index is 1.19. The van der Waals surface area contributed by atoms with Crippen molar-refractivity contribution in [2.24, 2.45) is 0 Å². The lowest BCUT2D eigenvalue weighted by molar-refractivity contribution is -0.595. The predicted octanol–water partition coefficient (Wildman–Crippen LogP) is 0.922. The van der Waals surface area contributed by atoms with Gasteiger partial charge in [-0.05, 0) is 12.8 Å². The van der Waals surface area contributed by atoms with E-state index in [1.54, 1.807) is 0 Å². The average molecular weight is 115 g/mol. The second-order valence-electron chi connectivity index (χ2n) is 2.14. The summed E-state index contributed by atoms with van der Waals surface area (Å²) in [5.41, 5.74) is 0. The van der Waals surface area contributed by atoms with Gasteiger partial charge in [0.1, 0.15) is 0 Å². The minimum Gasteiger partial charge on any atom is -0.479 e. The molecule has 50 valence electrons. The first-order valence-corrected chi connectivity index (χ1v) is 3.52. The highest BCUT2D eigenvalue weighted by molar-refractivity contribution is 4.35. The highest BCUT2D eigenvalue weighted by Gasteiger charge is 1.83. The molecule has 2 N–H and O–H groups in total. The van der Waals surface area contributed by atoms with E-state index in [4.69, 9.17) is 0 Å². The van der Waals surface area contributed by atoms with E-state index in [0.717, 1.165) is 0 Å². The van der Waals surface area contributed by atoms with Crippen LogP contribution in [0.2, 0.25) is 0 Å². The van der Waals surface area contributed by atoms with Gasteiger partial charge in [0.05, 0.1) is 6.54 Å². The molecule has 0 atom stereocenters. The van der Waals surface area contributed by atoms with Crippen LogP contribution in [0.4, 0.5) is 0 Å². The van der Waals surface area contributed by atoms with Crippen molar-refractivity contribution in [1.82, 2.24) is 0 Å². The van der Waals surface area contributed by atoms with Crippen LogP contribution in [-0.2, 0) is 0 Å². The molecule has 0 aliphatic heterocycles. The first-order valence-electron chi connectivity index (χ1n) is 3.52. The summed E-state index contributed by atoms with van der Waals surface area (Å²) in [6.07, 6.45) is 5.42. The highest BCUT2D eigenvalue weighted by atomic mass is 14.8. The average Bonchev–Trinajstić information content (AvgIpc) is 1.81. The van der Waals surface area contributed by atoms with Crippen LogP contribution < -0.4 is 5.32 Å². The molecule has 0 aromatic heterocycles. The Bertz CT molecular complexity index is 29.4. The summed E-state index contributed by atoms with van der Waals surface area (Å²) in [5.74, 6) is 0. The molecule has 0 spiro atoms. The molecule has 8 heavy (non-hydrogen) atoms. The molecule has 0 heterocycles. The molecular formula is C7H17N. The van der Waals surface area contributed by atoms with E-state index in [1.807, 2.05) is 5.32 Å². The Morgan fingerprint density at radius 2 is 2.00 bits per heavy atom. The SMILES string of the molecule is [CH2-][NH2+]CCCCCC. The smallest absolute Gasteiger partial charge is 0.0515 e. The van der Waals surface area contributed by atoms with Crippen LogP contribution in [-0.4, -0.2) is 6.54 Å². The molecule has 0 saturated heterocycles. The zero-order chi connectivity index (χ0) is 6.24. The maximum Gasteiger partial charge on any atom is 0.0515 e. The summed E-state index contributed by atoms with van der Waals surface area (Å²) in [6.45, 7) is 3.42. The Morgan fingerprint density at radius 1 is 1.25 bits per heavy atom. The molecule has 1 nitrogen and oxygen atoms in total. The van der Waals surface area contributed by atoms with Crippen molar-refractivity contribution < 1.29 is 5.32 Å². The Kier molecular flexibility index (Phi) is 6.93. The fraction of sp³-hybridized carbons (Fsp3) is 0.857. The van der Waals surface area contributed by atoms with Crippen LogP contribution >= 0.6 is 0 Å². The summed E-state index contributed by atoms with van der Waals surface area (Å²) >= 11 is 0. The molecule has 0 aromatic rings. The molecule has 0 unspecified atom stereocenters. The van der Waals surface area contributed by atoms with Gasteiger partial charge in [0.15, 0.2) is 0 Å². The minimum absolute atomic E-state index is 1.19. The molecule has 0 fully saturated rings. The van der Waals surface area contributed by atoms with Crippen molar-refractivity contribution in [3.63, 3.8) is 0 Å². The van der Waals surface area contributed by atoms with Gasteiger partial charge in [-0.3, -0.25) is 0 Å². The second kappa shape index (κ2) is 6.96. The largest absolute Gasteiger partial charge is 0.479 e.